The number of hydrogen-bond donors (Lipinski definition) is 5. The Morgan fingerprint density at radius 1 is 1.15 bits per heavy atom. The van der Waals surface area contributed by atoms with Gasteiger partial charge in [-0.1, -0.05) is 0 Å². The van der Waals surface area contributed by atoms with Crippen LogP contribution in [-0.4, -0.2) is 63.8 Å². The number of aldehydes is 1. The molecule has 1 unspecified atom stereocenters. The molecule has 5 atom stereocenters. The largest absolute Gasteiger partial charge is 0.393 e. The minimum absolute atomic E-state index is 0.207. The van der Waals surface area contributed by atoms with E-state index in [1.807, 2.05) is 0 Å². The van der Waals surface area contributed by atoms with Crippen molar-refractivity contribution < 1.29 is 29.7 Å². The van der Waals surface area contributed by atoms with E-state index in [9.17, 15) is 24.6 Å². The van der Waals surface area contributed by atoms with Crippen molar-refractivity contribution in [3.05, 3.63) is 0 Å². The number of hydrogen-bond acceptors (Lipinski definition) is 6. The molecule has 116 valence electrons. The lowest BCUT2D eigenvalue weighted by Gasteiger charge is -2.30. The first-order valence-corrected chi connectivity index (χ1v) is 6.25. The Kier molecular flexibility index (Phi) is 7.97. The lowest BCUT2D eigenvalue weighted by molar-refractivity contribution is -0.128. The highest BCUT2D eigenvalue weighted by Crippen LogP contribution is 2.05. The summed E-state index contributed by atoms with van der Waals surface area (Å²) in [5.41, 5.74) is 0. The molecule has 8 nitrogen and oxygen atoms in total. The molecule has 0 aliphatic carbocycles. The Morgan fingerprint density at radius 3 is 2.05 bits per heavy atom. The predicted octanol–water partition coefficient (Wildman–Crippen LogP) is -2.31. The molecule has 0 aromatic carbocycles. The summed E-state index contributed by atoms with van der Waals surface area (Å²) in [4.78, 5) is 33.3. The number of amides is 2. The van der Waals surface area contributed by atoms with Crippen LogP contribution in [0.5, 0.6) is 0 Å². The molecule has 2 amide bonds. The fourth-order valence-corrected chi connectivity index (χ4v) is 1.66. The van der Waals surface area contributed by atoms with E-state index in [0.717, 1.165) is 0 Å². The Balaban J connectivity index is 4.83. The van der Waals surface area contributed by atoms with E-state index in [0.29, 0.717) is 6.29 Å². The Morgan fingerprint density at radius 2 is 1.70 bits per heavy atom. The third-order valence-electron chi connectivity index (χ3n) is 2.58. The summed E-state index contributed by atoms with van der Waals surface area (Å²) in [6.45, 7) is 3.91. The maximum Gasteiger partial charge on any atom is 0.222 e. The first-order valence-electron chi connectivity index (χ1n) is 6.25. The minimum Gasteiger partial charge on any atom is -0.393 e. The van der Waals surface area contributed by atoms with Gasteiger partial charge >= 0.3 is 0 Å². The number of rotatable bonds is 8. The van der Waals surface area contributed by atoms with Crippen LogP contribution < -0.4 is 10.6 Å². The number of nitrogens with one attached hydrogen (secondary N) is 2. The van der Waals surface area contributed by atoms with Gasteiger partial charge < -0.3 is 30.7 Å². The zero-order valence-electron chi connectivity index (χ0n) is 11.7. The molecule has 0 fully saturated rings. The molecule has 0 saturated heterocycles. The van der Waals surface area contributed by atoms with Crippen molar-refractivity contribution in [1.29, 1.82) is 0 Å². The van der Waals surface area contributed by atoms with Gasteiger partial charge in [0.05, 0.1) is 24.7 Å². The van der Waals surface area contributed by atoms with Crippen molar-refractivity contribution in [3.63, 3.8) is 0 Å². The molecule has 20 heavy (non-hydrogen) atoms. The van der Waals surface area contributed by atoms with Crippen LogP contribution in [0.3, 0.4) is 0 Å². The Bertz CT molecular complexity index is 345. The highest BCUT2D eigenvalue weighted by Gasteiger charge is 2.32. The topological polar surface area (TPSA) is 136 Å². The van der Waals surface area contributed by atoms with Crippen molar-refractivity contribution in [2.24, 2.45) is 0 Å². The van der Waals surface area contributed by atoms with Crippen molar-refractivity contribution >= 4 is 18.1 Å². The zero-order valence-corrected chi connectivity index (χ0v) is 11.7. The number of carbonyl (C=O) groups excluding carboxylic acids is 3. The van der Waals surface area contributed by atoms with Gasteiger partial charge in [-0.15, -0.1) is 0 Å². The summed E-state index contributed by atoms with van der Waals surface area (Å²) in [5.74, 6) is -1.11. The summed E-state index contributed by atoms with van der Waals surface area (Å²) in [7, 11) is 0. The molecule has 0 aliphatic rings. The standard InChI is InChI=1S/C12H22N2O6/c1-6(16)4-10(19)14-11(7(2)17)12(20)9(5-15)13-8(3)18/h5-7,9,11-12,16-17,20H,4H2,1-3H3,(H,13,18)(H,14,19)/t6?,7-,9+,11-,12-/m1/s1. The van der Waals surface area contributed by atoms with Crippen molar-refractivity contribution in [2.75, 3.05) is 0 Å². The molecule has 5 N–H and O–H groups in total. The first-order chi connectivity index (χ1) is 9.18. The Labute approximate surface area is 117 Å². The first kappa shape index (κ1) is 18.5. The zero-order chi connectivity index (χ0) is 15.9. The summed E-state index contributed by atoms with van der Waals surface area (Å²) >= 11 is 0. The van der Waals surface area contributed by atoms with E-state index >= 15 is 0 Å². The highest BCUT2D eigenvalue weighted by molar-refractivity contribution is 5.78. The minimum atomic E-state index is -1.49. The summed E-state index contributed by atoms with van der Waals surface area (Å²) in [6.07, 6.45) is -3.41. The van der Waals surface area contributed by atoms with Crippen LogP contribution >= 0.6 is 0 Å². The normalized spacial score (nSPS) is 18.3. The number of aliphatic hydroxyl groups is 3. The molecule has 0 heterocycles. The molecule has 0 spiro atoms. The molecular formula is C12H22N2O6. The van der Waals surface area contributed by atoms with Crippen LogP contribution in [0.4, 0.5) is 0 Å². The maximum atomic E-state index is 11.5. The highest BCUT2D eigenvalue weighted by atomic mass is 16.3. The fourth-order valence-electron chi connectivity index (χ4n) is 1.66. The van der Waals surface area contributed by atoms with E-state index in [2.05, 4.69) is 10.6 Å². The van der Waals surface area contributed by atoms with Crippen molar-refractivity contribution in [2.45, 2.75) is 57.6 Å². The van der Waals surface area contributed by atoms with Gasteiger partial charge in [-0.25, -0.2) is 0 Å². The molecule has 8 heteroatoms. The van der Waals surface area contributed by atoms with Crippen molar-refractivity contribution in [3.8, 4) is 0 Å². The average molecular weight is 290 g/mol. The monoisotopic (exact) mass is 290 g/mol. The quantitative estimate of drug-likeness (QED) is 0.319. The SMILES string of the molecule is CC(=O)N[C@@H](C=O)[C@@H](O)[C@H](NC(=O)CC(C)O)[C@@H](C)O. The second-order valence-electron chi connectivity index (χ2n) is 4.74. The molecule has 0 bridgehead atoms. The molecule has 0 aromatic heterocycles. The van der Waals surface area contributed by atoms with Crippen LogP contribution in [0, 0.1) is 0 Å². The van der Waals surface area contributed by atoms with E-state index in [1.165, 1.54) is 20.8 Å². The van der Waals surface area contributed by atoms with Gasteiger partial charge in [-0.05, 0) is 13.8 Å². The molecule has 0 aromatic rings. The van der Waals surface area contributed by atoms with Gasteiger partial charge in [0.15, 0.2) is 0 Å². The summed E-state index contributed by atoms with van der Waals surface area (Å²) < 4.78 is 0. The molecule has 0 radical (unpaired) electrons. The third kappa shape index (κ3) is 6.60. The van der Waals surface area contributed by atoms with Gasteiger partial charge in [0.25, 0.3) is 0 Å². The molecule has 0 rings (SSSR count). The third-order valence-corrected chi connectivity index (χ3v) is 2.58. The maximum absolute atomic E-state index is 11.5. The van der Waals surface area contributed by atoms with E-state index in [1.54, 1.807) is 0 Å². The van der Waals surface area contributed by atoms with Crippen LogP contribution in [0.1, 0.15) is 27.2 Å². The fraction of sp³-hybridized carbons (Fsp3) is 0.750. The van der Waals surface area contributed by atoms with E-state index in [4.69, 9.17) is 5.11 Å². The second kappa shape index (κ2) is 8.62. The van der Waals surface area contributed by atoms with Gasteiger partial charge in [0.2, 0.25) is 11.8 Å². The predicted molar refractivity (Wildman–Crippen MR) is 69.6 cm³/mol. The Hall–Kier alpha value is -1.51. The molecule has 0 saturated carbocycles. The van der Waals surface area contributed by atoms with Crippen LogP contribution in [-0.2, 0) is 14.4 Å². The van der Waals surface area contributed by atoms with Crippen LogP contribution in [0.25, 0.3) is 0 Å². The molecular weight excluding hydrogens is 268 g/mol. The average Bonchev–Trinajstić information content (AvgIpc) is 2.30. The summed E-state index contributed by atoms with van der Waals surface area (Å²) in [6, 6.07) is -2.40. The van der Waals surface area contributed by atoms with E-state index < -0.39 is 42.2 Å². The molecule has 0 aliphatic heterocycles. The van der Waals surface area contributed by atoms with Gasteiger partial charge in [0.1, 0.15) is 18.4 Å². The van der Waals surface area contributed by atoms with Crippen LogP contribution in [0.15, 0.2) is 0 Å². The van der Waals surface area contributed by atoms with Gasteiger partial charge in [-0.2, -0.15) is 0 Å². The van der Waals surface area contributed by atoms with Crippen molar-refractivity contribution in [1.82, 2.24) is 10.6 Å². The lowest BCUT2D eigenvalue weighted by atomic mass is 9.99. The second-order valence-corrected chi connectivity index (χ2v) is 4.74. The van der Waals surface area contributed by atoms with Crippen LogP contribution in [0.2, 0.25) is 0 Å². The van der Waals surface area contributed by atoms with E-state index in [-0.39, 0.29) is 6.42 Å². The van der Waals surface area contributed by atoms with Gasteiger partial charge in [-0.3, -0.25) is 9.59 Å². The smallest absolute Gasteiger partial charge is 0.222 e. The lowest BCUT2D eigenvalue weighted by Crippen LogP contribution is -2.58. The number of aliphatic hydroxyl groups excluding tert-OH is 3. The summed E-state index contributed by atoms with van der Waals surface area (Å²) in [5, 5.41) is 33.2. The number of carbonyl (C=O) groups is 3. The van der Waals surface area contributed by atoms with Gasteiger partial charge in [0, 0.05) is 6.92 Å².